The Morgan fingerprint density at radius 1 is 1.15 bits per heavy atom. The van der Waals surface area contributed by atoms with Crippen molar-refractivity contribution in [1.82, 2.24) is 4.98 Å². The van der Waals surface area contributed by atoms with Crippen LogP contribution in [-0.4, -0.2) is 11.0 Å². The van der Waals surface area contributed by atoms with Crippen molar-refractivity contribution in [1.29, 1.82) is 0 Å². The minimum absolute atomic E-state index is 0.296. The molecular weight excluding hydrogens is 344 g/mol. The number of aromatic nitrogens is 1. The van der Waals surface area contributed by atoms with Gasteiger partial charge in [-0.15, -0.1) is 11.3 Å². The fraction of sp³-hybridized carbons (Fsp3) is 0.238. The third-order valence-electron chi connectivity index (χ3n) is 4.34. The number of hydrogen-bond acceptors (Lipinski definition) is 5. The monoisotopic (exact) mass is 364 g/mol. The van der Waals surface area contributed by atoms with E-state index in [-0.39, 0.29) is 5.97 Å². The zero-order valence-electron chi connectivity index (χ0n) is 14.7. The number of hydrogen-bond donors (Lipinski definition) is 1. The summed E-state index contributed by atoms with van der Waals surface area (Å²) >= 11 is 1.51. The van der Waals surface area contributed by atoms with Crippen LogP contribution < -0.4 is 5.32 Å². The molecule has 0 fully saturated rings. The lowest BCUT2D eigenvalue weighted by Gasteiger charge is -2.11. The number of benzene rings is 2. The van der Waals surface area contributed by atoms with Crippen LogP contribution in [0.1, 0.15) is 41.6 Å². The molecule has 26 heavy (non-hydrogen) atoms. The second kappa shape index (κ2) is 6.92. The van der Waals surface area contributed by atoms with Crippen LogP contribution in [0, 0.1) is 5.92 Å². The highest BCUT2D eigenvalue weighted by Gasteiger charge is 2.30. The smallest absolute Gasteiger partial charge is 0.340 e. The van der Waals surface area contributed by atoms with Crippen molar-refractivity contribution in [2.24, 2.45) is 5.92 Å². The molecule has 1 aliphatic rings. The van der Waals surface area contributed by atoms with Crippen LogP contribution >= 0.6 is 11.3 Å². The van der Waals surface area contributed by atoms with E-state index in [0.29, 0.717) is 11.5 Å². The zero-order valence-corrected chi connectivity index (χ0v) is 15.5. The number of ether oxygens (including phenoxy) is 1. The van der Waals surface area contributed by atoms with Gasteiger partial charge in [-0.3, -0.25) is 0 Å². The summed E-state index contributed by atoms with van der Waals surface area (Å²) in [6.45, 7) is 4.44. The van der Waals surface area contributed by atoms with Crippen LogP contribution in [0.4, 0.5) is 5.13 Å². The molecule has 0 spiro atoms. The van der Waals surface area contributed by atoms with Gasteiger partial charge in [0, 0.05) is 16.5 Å². The van der Waals surface area contributed by atoms with Crippen molar-refractivity contribution in [3.8, 4) is 11.3 Å². The van der Waals surface area contributed by atoms with Gasteiger partial charge in [0.1, 0.15) is 0 Å². The normalized spacial score (nSPS) is 15.8. The Labute approximate surface area is 156 Å². The molecule has 3 aromatic rings. The Morgan fingerprint density at radius 3 is 2.69 bits per heavy atom. The van der Waals surface area contributed by atoms with E-state index >= 15 is 0 Å². The number of esters is 1. The van der Waals surface area contributed by atoms with Crippen LogP contribution in [0.3, 0.4) is 0 Å². The summed E-state index contributed by atoms with van der Waals surface area (Å²) in [7, 11) is 0. The standard InChI is InChI=1S/C21H20N2O2S/c1-13(2)11-14-7-9-15(10-8-14)18-12-26-21(22-18)23-19-16-5-3-4-6-17(16)20(24)25-19/h3-10,12-13,19H,11H2,1-2H3,(H,22,23)/t19-/m1/s1. The van der Waals surface area contributed by atoms with Crippen LogP contribution in [0.25, 0.3) is 11.3 Å². The molecule has 0 aliphatic carbocycles. The van der Waals surface area contributed by atoms with E-state index in [2.05, 4.69) is 48.4 Å². The second-order valence-corrected chi connectivity index (χ2v) is 7.71. The SMILES string of the molecule is CC(C)Cc1ccc(-c2csc(N[C@@H]3OC(=O)c4ccccc43)n2)cc1. The molecule has 1 aromatic heterocycles. The highest BCUT2D eigenvalue weighted by molar-refractivity contribution is 7.14. The lowest BCUT2D eigenvalue weighted by molar-refractivity contribution is 0.0437. The molecule has 132 valence electrons. The molecule has 5 heteroatoms. The number of thiazole rings is 1. The number of nitrogens with zero attached hydrogens (tertiary/aromatic N) is 1. The molecule has 0 unspecified atom stereocenters. The maximum absolute atomic E-state index is 11.9. The number of nitrogens with one attached hydrogen (secondary N) is 1. The third kappa shape index (κ3) is 3.35. The van der Waals surface area contributed by atoms with Crippen molar-refractivity contribution >= 4 is 22.4 Å². The molecule has 2 heterocycles. The third-order valence-corrected chi connectivity index (χ3v) is 5.11. The van der Waals surface area contributed by atoms with Crippen LogP contribution in [0.15, 0.2) is 53.9 Å². The predicted octanol–water partition coefficient (Wildman–Crippen LogP) is 5.29. The van der Waals surface area contributed by atoms with Crippen LogP contribution in [0.5, 0.6) is 0 Å². The van der Waals surface area contributed by atoms with Gasteiger partial charge in [-0.25, -0.2) is 9.78 Å². The predicted molar refractivity (Wildman–Crippen MR) is 104 cm³/mol. The van der Waals surface area contributed by atoms with Gasteiger partial charge in [0.2, 0.25) is 6.23 Å². The van der Waals surface area contributed by atoms with Gasteiger partial charge in [-0.1, -0.05) is 56.3 Å². The summed E-state index contributed by atoms with van der Waals surface area (Å²) in [4.78, 5) is 16.6. The first-order valence-corrected chi connectivity index (χ1v) is 9.59. The van der Waals surface area contributed by atoms with Crippen molar-refractivity contribution in [3.05, 3.63) is 70.6 Å². The van der Waals surface area contributed by atoms with Gasteiger partial charge < -0.3 is 10.1 Å². The first-order valence-electron chi connectivity index (χ1n) is 8.71. The average molecular weight is 364 g/mol. The van der Waals surface area contributed by atoms with Gasteiger partial charge >= 0.3 is 5.97 Å². The average Bonchev–Trinajstić information content (AvgIpc) is 3.21. The van der Waals surface area contributed by atoms with Gasteiger partial charge in [0.25, 0.3) is 0 Å². The molecule has 4 rings (SSSR count). The van der Waals surface area contributed by atoms with Crippen LogP contribution in [-0.2, 0) is 11.2 Å². The molecular formula is C21H20N2O2S. The fourth-order valence-electron chi connectivity index (χ4n) is 3.12. The molecule has 0 saturated heterocycles. The summed E-state index contributed by atoms with van der Waals surface area (Å²) in [5.41, 5.74) is 4.82. The van der Waals surface area contributed by atoms with Crippen molar-refractivity contribution in [2.45, 2.75) is 26.5 Å². The van der Waals surface area contributed by atoms with Crippen molar-refractivity contribution in [3.63, 3.8) is 0 Å². The summed E-state index contributed by atoms with van der Waals surface area (Å²) in [5.74, 6) is 0.351. The van der Waals surface area contributed by atoms with Gasteiger partial charge in [0.15, 0.2) is 5.13 Å². The van der Waals surface area contributed by atoms with E-state index in [1.165, 1.54) is 16.9 Å². The molecule has 0 saturated carbocycles. The molecule has 0 bridgehead atoms. The lowest BCUT2D eigenvalue weighted by atomic mass is 10.0. The number of fused-ring (bicyclic) bond motifs is 1. The number of cyclic esters (lactones) is 1. The van der Waals surface area contributed by atoms with Gasteiger partial charge in [-0.2, -0.15) is 0 Å². The highest BCUT2D eigenvalue weighted by atomic mass is 32.1. The molecule has 1 aliphatic heterocycles. The Balaban J connectivity index is 1.50. The molecule has 1 N–H and O–H groups in total. The molecule has 1 atom stereocenters. The van der Waals surface area contributed by atoms with Gasteiger partial charge in [-0.05, 0) is 24.0 Å². The van der Waals surface area contributed by atoms with E-state index in [4.69, 9.17) is 4.74 Å². The van der Waals surface area contributed by atoms with E-state index in [1.54, 1.807) is 6.07 Å². The first-order chi connectivity index (χ1) is 12.6. The largest absolute Gasteiger partial charge is 0.434 e. The number of anilines is 1. The summed E-state index contributed by atoms with van der Waals surface area (Å²) in [6.07, 6.45) is 0.600. The first kappa shape index (κ1) is 16.8. The summed E-state index contributed by atoms with van der Waals surface area (Å²) < 4.78 is 5.42. The second-order valence-electron chi connectivity index (χ2n) is 6.85. The molecule has 0 radical (unpaired) electrons. The molecule has 0 amide bonds. The Kier molecular flexibility index (Phi) is 4.47. The number of carbonyl (C=O) groups is 1. The van der Waals surface area contributed by atoms with E-state index < -0.39 is 6.23 Å². The summed E-state index contributed by atoms with van der Waals surface area (Å²) in [6, 6.07) is 16.0. The highest BCUT2D eigenvalue weighted by Crippen LogP contribution is 2.33. The zero-order chi connectivity index (χ0) is 18.1. The lowest BCUT2D eigenvalue weighted by Crippen LogP contribution is -2.09. The summed E-state index contributed by atoms with van der Waals surface area (Å²) in [5, 5.41) is 5.97. The minimum atomic E-state index is -0.480. The van der Waals surface area contributed by atoms with Crippen molar-refractivity contribution < 1.29 is 9.53 Å². The van der Waals surface area contributed by atoms with E-state index in [1.807, 2.05) is 23.6 Å². The molecule has 4 nitrogen and oxygen atoms in total. The minimum Gasteiger partial charge on any atom is -0.434 e. The number of carbonyl (C=O) groups excluding carboxylic acids is 1. The maximum Gasteiger partial charge on any atom is 0.340 e. The van der Waals surface area contributed by atoms with Crippen LogP contribution in [0.2, 0.25) is 0 Å². The van der Waals surface area contributed by atoms with E-state index in [0.717, 1.165) is 28.4 Å². The topological polar surface area (TPSA) is 51.2 Å². The molecule has 2 aromatic carbocycles. The Morgan fingerprint density at radius 2 is 1.92 bits per heavy atom. The maximum atomic E-state index is 11.9. The number of rotatable bonds is 5. The fourth-order valence-corrected chi connectivity index (χ4v) is 3.86. The quantitative estimate of drug-likeness (QED) is 0.625. The Bertz CT molecular complexity index is 931. The van der Waals surface area contributed by atoms with Crippen molar-refractivity contribution in [2.75, 3.05) is 5.32 Å². The Hall–Kier alpha value is -2.66. The van der Waals surface area contributed by atoms with Gasteiger partial charge in [0.05, 0.1) is 11.3 Å². The van der Waals surface area contributed by atoms with E-state index in [9.17, 15) is 4.79 Å².